The van der Waals surface area contributed by atoms with Crippen molar-refractivity contribution in [2.45, 2.75) is 44.7 Å². The summed E-state index contributed by atoms with van der Waals surface area (Å²) in [5, 5.41) is 23.5. The van der Waals surface area contributed by atoms with Crippen molar-refractivity contribution >= 4 is 29.2 Å². The van der Waals surface area contributed by atoms with Gasteiger partial charge in [-0.1, -0.05) is 6.07 Å². The monoisotopic (exact) mass is 673 g/mol. The number of thiophene rings is 1. The van der Waals surface area contributed by atoms with Crippen LogP contribution in [0.3, 0.4) is 0 Å². The highest BCUT2D eigenvalue weighted by Gasteiger charge is 2.39. The van der Waals surface area contributed by atoms with Crippen molar-refractivity contribution in [1.29, 1.82) is 0 Å². The second kappa shape index (κ2) is 16.6. The van der Waals surface area contributed by atoms with E-state index in [0.29, 0.717) is 0 Å². The lowest BCUT2D eigenvalue weighted by Gasteiger charge is -2.31. The quantitative estimate of drug-likeness (QED) is 0.413. The van der Waals surface area contributed by atoms with Crippen molar-refractivity contribution in [2.24, 2.45) is 0 Å². The first-order valence-corrected chi connectivity index (χ1v) is 13.1. The van der Waals surface area contributed by atoms with E-state index in [0.717, 1.165) is 45.8 Å². The average Bonchev–Trinajstić information content (AvgIpc) is 3.54. The zero-order chi connectivity index (χ0) is 33.9. The van der Waals surface area contributed by atoms with E-state index in [-0.39, 0.29) is 0 Å². The molecule has 2 aromatic rings. The van der Waals surface area contributed by atoms with E-state index in [1.54, 1.807) is 0 Å². The first-order valence-electron chi connectivity index (χ1n) is 12.2. The third kappa shape index (κ3) is 14.8. The van der Waals surface area contributed by atoms with E-state index in [2.05, 4.69) is 50.0 Å². The molecule has 0 amide bonds. The predicted octanol–water partition coefficient (Wildman–Crippen LogP) is 3.61. The van der Waals surface area contributed by atoms with Gasteiger partial charge in [0.15, 0.2) is 0 Å². The fourth-order valence-corrected chi connectivity index (χ4v) is 4.18. The molecule has 0 unspecified atom stereocenters. The van der Waals surface area contributed by atoms with Crippen molar-refractivity contribution in [3.8, 4) is 0 Å². The Kier molecular flexibility index (Phi) is 14.6. The lowest BCUT2D eigenvalue weighted by Crippen LogP contribution is -2.43. The van der Waals surface area contributed by atoms with Crippen LogP contribution in [0.25, 0.3) is 0 Å². The van der Waals surface area contributed by atoms with Gasteiger partial charge in [0.1, 0.15) is 5.82 Å². The number of hydrogen-bond acceptors (Lipinski definition) is 8. The molecular weight excluding hydrogens is 645 g/mol. The van der Waals surface area contributed by atoms with Crippen LogP contribution in [0.4, 0.5) is 39.5 Å². The van der Waals surface area contributed by atoms with E-state index in [9.17, 15) is 39.5 Å². The van der Waals surface area contributed by atoms with Crippen LogP contribution < -0.4 is 0 Å². The van der Waals surface area contributed by atoms with E-state index >= 15 is 0 Å². The van der Waals surface area contributed by atoms with E-state index in [1.165, 1.54) is 29.5 Å². The van der Waals surface area contributed by atoms with E-state index in [4.69, 9.17) is 34.7 Å². The van der Waals surface area contributed by atoms with Gasteiger partial charge in [0.2, 0.25) is 0 Å². The number of rotatable bonds is 4. The first-order chi connectivity index (χ1) is 20.1. The number of imidazole rings is 1. The van der Waals surface area contributed by atoms with Gasteiger partial charge in [-0.05, 0) is 18.5 Å². The molecule has 0 radical (unpaired) electrons. The summed E-state index contributed by atoms with van der Waals surface area (Å²) in [6.07, 6.45) is -13.0. The number of halogens is 9. The van der Waals surface area contributed by atoms with Crippen LogP contribution in [0, 0.1) is 0 Å². The Labute approximate surface area is 247 Å². The number of fused-ring (bicyclic) bond motifs is 1. The number of piperazine rings is 1. The zero-order valence-electron chi connectivity index (χ0n) is 22.8. The average molecular weight is 674 g/mol. The minimum absolute atomic E-state index is 0.973. The molecule has 3 N–H and O–H groups in total. The fourth-order valence-electron chi connectivity index (χ4n) is 3.43. The van der Waals surface area contributed by atoms with Crippen molar-refractivity contribution in [2.75, 3.05) is 39.8 Å². The molecule has 0 spiro atoms. The maximum absolute atomic E-state index is 10.6. The number of alkyl halides is 9. The zero-order valence-corrected chi connectivity index (χ0v) is 23.6. The molecule has 4 heterocycles. The number of likely N-dealkylation sites (N-methyl/N-ethyl adjacent to an activating group) is 1. The number of aliphatic carboxylic acids is 3. The number of nitrogens with zero attached hydrogens (tertiary/aromatic N) is 5. The van der Waals surface area contributed by atoms with Crippen LogP contribution in [-0.2, 0) is 40.6 Å². The Morgan fingerprint density at radius 2 is 1.23 bits per heavy atom. The number of carbonyl (C=O) groups is 3. The summed E-state index contributed by atoms with van der Waals surface area (Å²) in [5.41, 5.74) is 1.24. The molecule has 11 nitrogen and oxygen atoms in total. The standard InChI is InChI=1S/C17H25N5S.3C2HF3O2/c1-19-4-6-20(7-5-19)11-15-12-22-9-8-21(14-17(22)18-15)13-16-3-2-10-23-16;3*3-2(4,5)1(6)7/h2-3,10,12H,4-9,11,13-14H2,1H3;3*(H,6,7). The molecule has 21 heteroatoms. The van der Waals surface area contributed by atoms with Gasteiger partial charge in [0.25, 0.3) is 0 Å². The van der Waals surface area contributed by atoms with Crippen LogP contribution in [0.15, 0.2) is 23.7 Å². The van der Waals surface area contributed by atoms with Crippen LogP contribution in [-0.4, -0.2) is 116 Å². The molecule has 0 bridgehead atoms. The molecule has 0 aromatic carbocycles. The molecule has 4 rings (SSSR count). The molecule has 2 aliphatic rings. The third-order valence-electron chi connectivity index (χ3n) is 5.60. The van der Waals surface area contributed by atoms with Crippen molar-refractivity contribution in [3.05, 3.63) is 40.1 Å². The maximum atomic E-state index is 10.6. The molecule has 2 aromatic heterocycles. The lowest BCUT2D eigenvalue weighted by molar-refractivity contribution is -0.193. The first kappa shape index (κ1) is 38.6. The Hall–Kier alpha value is -3.43. The summed E-state index contributed by atoms with van der Waals surface area (Å²) in [5.74, 6) is -7.04. The normalized spacial score (nSPS) is 16.2. The summed E-state index contributed by atoms with van der Waals surface area (Å²) < 4.78 is 97.6. The van der Waals surface area contributed by atoms with Gasteiger partial charge in [0.05, 0.1) is 12.2 Å². The van der Waals surface area contributed by atoms with Gasteiger partial charge in [-0.15, -0.1) is 11.3 Å². The van der Waals surface area contributed by atoms with E-state index < -0.39 is 36.4 Å². The Morgan fingerprint density at radius 3 is 1.64 bits per heavy atom. The molecule has 1 saturated heterocycles. The third-order valence-corrected chi connectivity index (χ3v) is 6.46. The molecule has 0 aliphatic carbocycles. The highest BCUT2D eigenvalue weighted by molar-refractivity contribution is 7.09. The Balaban J connectivity index is 0.000000379. The number of aromatic nitrogens is 2. The molecule has 0 atom stereocenters. The Morgan fingerprint density at radius 1 is 0.773 bits per heavy atom. The molecular formula is C23H28F9N5O6S. The summed E-state index contributed by atoms with van der Waals surface area (Å²) >= 11 is 1.85. The van der Waals surface area contributed by atoms with Crippen molar-refractivity contribution in [1.82, 2.24) is 24.3 Å². The van der Waals surface area contributed by atoms with E-state index in [1.807, 2.05) is 11.3 Å². The Bertz CT molecular complexity index is 1140. The summed E-state index contributed by atoms with van der Waals surface area (Å²) in [6.45, 7) is 9.86. The maximum Gasteiger partial charge on any atom is 0.490 e. The smallest absolute Gasteiger partial charge is 0.475 e. The van der Waals surface area contributed by atoms with Gasteiger partial charge in [0, 0.05) is 63.4 Å². The van der Waals surface area contributed by atoms with Crippen LogP contribution in [0.5, 0.6) is 0 Å². The molecule has 1 fully saturated rings. The summed E-state index contributed by atoms with van der Waals surface area (Å²) in [6, 6.07) is 4.36. The second-order valence-corrected chi connectivity index (χ2v) is 10.2. The van der Waals surface area contributed by atoms with Crippen LogP contribution in [0.1, 0.15) is 16.4 Å². The number of hydrogen-bond donors (Lipinski definition) is 3. The van der Waals surface area contributed by atoms with Crippen molar-refractivity contribution in [3.63, 3.8) is 0 Å². The highest BCUT2D eigenvalue weighted by atomic mass is 32.1. The summed E-state index contributed by atoms with van der Waals surface area (Å²) in [7, 11) is 2.20. The van der Waals surface area contributed by atoms with Gasteiger partial charge in [-0.25, -0.2) is 19.4 Å². The van der Waals surface area contributed by atoms with Gasteiger partial charge >= 0.3 is 36.4 Å². The highest BCUT2D eigenvalue weighted by Crippen LogP contribution is 2.19. The second-order valence-electron chi connectivity index (χ2n) is 9.12. The lowest BCUT2D eigenvalue weighted by atomic mass is 10.3. The van der Waals surface area contributed by atoms with Crippen molar-refractivity contribution < 1.29 is 69.2 Å². The van der Waals surface area contributed by atoms with Gasteiger partial charge in [-0.3, -0.25) is 9.80 Å². The largest absolute Gasteiger partial charge is 0.490 e. The molecule has 0 saturated carbocycles. The number of carboxylic acids is 3. The molecule has 2 aliphatic heterocycles. The molecule has 250 valence electrons. The molecule has 44 heavy (non-hydrogen) atoms. The van der Waals surface area contributed by atoms with Gasteiger partial charge in [-0.2, -0.15) is 39.5 Å². The fraction of sp³-hybridized carbons (Fsp3) is 0.565. The topological polar surface area (TPSA) is 139 Å². The van der Waals surface area contributed by atoms with Crippen LogP contribution >= 0.6 is 11.3 Å². The number of carboxylic acid groups (broad SMARTS) is 3. The minimum atomic E-state index is -5.08. The predicted molar refractivity (Wildman–Crippen MR) is 135 cm³/mol. The SMILES string of the molecule is CN1CCN(Cc2cn3c(n2)CN(Cc2cccs2)CC3)CC1.O=C(O)C(F)(F)F.O=C(O)C(F)(F)F.O=C(O)C(F)(F)F. The summed E-state index contributed by atoms with van der Waals surface area (Å²) in [4.78, 5) is 40.5. The van der Waals surface area contributed by atoms with Crippen LogP contribution in [0.2, 0.25) is 0 Å². The minimum Gasteiger partial charge on any atom is -0.475 e. The van der Waals surface area contributed by atoms with Gasteiger partial charge < -0.3 is 24.8 Å².